The number of hydrogen-bond acceptors (Lipinski definition) is 4. The van der Waals surface area contributed by atoms with Crippen LogP contribution in [0.5, 0.6) is 5.75 Å². The Morgan fingerprint density at radius 2 is 2.00 bits per heavy atom. The van der Waals surface area contributed by atoms with Crippen LogP contribution in [0.15, 0.2) is 30.3 Å². The van der Waals surface area contributed by atoms with Crippen LogP contribution in [-0.2, 0) is 6.61 Å². The van der Waals surface area contributed by atoms with Gasteiger partial charge in [-0.2, -0.15) is 0 Å². The van der Waals surface area contributed by atoms with Gasteiger partial charge in [-0.15, -0.1) is 0 Å². The second kappa shape index (κ2) is 5.89. The van der Waals surface area contributed by atoms with Crippen LogP contribution in [0.1, 0.15) is 11.5 Å². The molecular formula is C14H16ClN3O. The highest BCUT2D eigenvalue weighted by Crippen LogP contribution is 2.20. The number of benzene rings is 1. The van der Waals surface area contributed by atoms with Gasteiger partial charge in [-0.1, -0.05) is 17.7 Å². The summed E-state index contributed by atoms with van der Waals surface area (Å²) in [5, 5.41) is 0.438. The molecule has 0 saturated heterocycles. The SMILES string of the molecule is Cc1cc(Cl)nc(COc2cccc(N(C)C)c2)n1. The molecule has 1 aromatic heterocycles. The third-order valence-electron chi connectivity index (χ3n) is 2.57. The molecule has 100 valence electrons. The maximum atomic E-state index is 5.89. The molecule has 19 heavy (non-hydrogen) atoms. The molecule has 0 amide bonds. The van der Waals surface area contributed by atoms with E-state index in [4.69, 9.17) is 16.3 Å². The van der Waals surface area contributed by atoms with Crippen LogP contribution in [0, 0.1) is 6.92 Å². The highest BCUT2D eigenvalue weighted by molar-refractivity contribution is 6.29. The Morgan fingerprint density at radius 3 is 2.68 bits per heavy atom. The van der Waals surface area contributed by atoms with Gasteiger partial charge in [0.05, 0.1) is 0 Å². The molecule has 4 nitrogen and oxygen atoms in total. The lowest BCUT2D eigenvalue weighted by atomic mass is 10.3. The molecule has 0 fully saturated rings. The van der Waals surface area contributed by atoms with Crippen LogP contribution < -0.4 is 9.64 Å². The van der Waals surface area contributed by atoms with Crippen molar-refractivity contribution in [2.24, 2.45) is 0 Å². The lowest BCUT2D eigenvalue weighted by Gasteiger charge is -2.13. The first-order valence-electron chi connectivity index (χ1n) is 5.95. The van der Waals surface area contributed by atoms with Crippen molar-refractivity contribution in [1.29, 1.82) is 0 Å². The summed E-state index contributed by atoms with van der Waals surface area (Å²) in [7, 11) is 3.98. The number of aryl methyl sites for hydroxylation is 1. The summed E-state index contributed by atoms with van der Waals surface area (Å²) in [5.74, 6) is 1.37. The van der Waals surface area contributed by atoms with Gasteiger partial charge in [-0.3, -0.25) is 0 Å². The molecule has 0 saturated carbocycles. The number of anilines is 1. The standard InChI is InChI=1S/C14H16ClN3O/c1-10-7-13(15)17-14(16-10)9-19-12-6-4-5-11(8-12)18(2)3/h4-8H,9H2,1-3H3. The molecule has 1 heterocycles. The number of rotatable bonds is 4. The number of nitrogens with zero attached hydrogens (tertiary/aromatic N) is 3. The number of hydrogen-bond donors (Lipinski definition) is 0. The number of aromatic nitrogens is 2. The Kier molecular flexibility index (Phi) is 4.22. The van der Waals surface area contributed by atoms with Gasteiger partial charge in [-0.25, -0.2) is 9.97 Å². The van der Waals surface area contributed by atoms with Gasteiger partial charge in [-0.05, 0) is 25.1 Å². The normalized spacial score (nSPS) is 10.3. The smallest absolute Gasteiger partial charge is 0.167 e. The predicted molar refractivity (Wildman–Crippen MR) is 76.9 cm³/mol. The summed E-state index contributed by atoms with van der Waals surface area (Å²) in [6.45, 7) is 2.18. The maximum Gasteiger partial charge on any atom is 0.167 e. The van der Waals surface area contributed by atoms with Crippen LogP contribution in [0.2, 0.25) is 5.15 Å². The van der Waals surface area contributed by atoms with Crippen molar-refractivity contribution in [2.45, 2.75) is 13.5 Å². The first-order valence-corrected chi connectivity index (χ1v) is 6.32. The predicted octanol–water partition coefficient (Wildman–Crippen LogP) is 3.08. The summed E-state index contributed by atoms with van der Waals surface area (Å²) in [5.41, 5.74) is 1.92. The molecule has 0 unspecified atom stereocenters. The van der Waals surface area contributed by atoms with Crippen molar-refractivity contribution in [3.63, 3.8) is 0 Å². The summed E-state index contributed by atoms with van der Waals surface area (Å²) < 4.78 is 5.68. The van der Waals surface area contributed by atoms with E-state index in [9.17, 15) is 0 Å². The molecule has 0 aliphatic carbocycles. The molecule has 0 aliphatic heterocycles. The molecule has 0 radical (unpaired) electrons. The number of ether oxygens (including phenoxy) is 1. The van der Waals surface area contributed by atoms with E-state index < -0.39 is 0 Å². The van der Waals surface area contributed by atoms with E-state index in [0.29, 0.717) is 17.6 Å². The van der Waals surface area contributed by atoms with E-state index in [0.717, 1.165) is 17.1 Å². The van der Waals surface area contributed by atoms with Crippen LogP contribution in [0.3, 0.4) is 0 Å². The zero-order valence-electron chi connectivity index (χ0n) is 11.2. The minimum absolute atomic E-state index is 0.304. The van der Waals surface area contributed by atoms with Crippen LogP contribution in [0.4, 0.5) is 5.69 Å². The Labute approximate surface area is 118 Å². The molecule has 2 aromatic rings. The molecule has 0 atom stereocenters. The monoisotopic (exact) mass is 277 g/mol. The van der Waals surface area contributed by atoms with Gasteiger partial charge >= 0.3 is 0 Å². The third kappa shape index (κ3) is 3.83. The summed E-state index contributed by atoms with van der Waals surface area (Å²) in [6.07, 6.45) is 0. The van der Waals surface area contributed by atoms with Crippen molar-refractivity contribution in [1.82, 2.24) is 9.97 Å². The van der Waals surface area contributed by atoms with Gasteiger partial charge in [0.25, 0.3) is 0 Å². The van der Waals surface area contributed by atoms with Crippen LogP contribution in [0.25, 0.3) is 0 Å². The first kappa shape index (κ1) is 13.6. The second-order valence-electron chi connectivity index (χ2n) is 4.43. The maximum absolute atomic E-state index is 5.89. The highest BCUT2D eigenvalue weighted by Gasteiger charge is 2.03. The van der Waals surface area contributed by atoms with E-state index in [2.05, 4.69) is 9.97 Å². The van der Waals surface area contributed by atoms with Crippen molar-refractivity contribution in [3.8, 4) is 5.75 Å². The zero-order valence-corrected chi connectivity index (χ0v) is 12.0. The largest absolute Gasteiger partial charge is 0.486 e. The van der Waals surface area contributed by atoms with Gasteiger partial charge in [0.2, 0.25) is 0 Å². The molecule has 0 bridgehead atoms. The molecule has 0 N–H and O–H groups in total. The lowest BCUT2D eigenvalue weighted by Crippen LogP contribution is -2.08. The van der Waals surface area contributed by atoms with Crippen molar-refractivity contribution >= 4 is 17.3 Å². The van der Waals surface area contributed by atoms with Crippen molar-refractivity contribution in [2.75, 3.05) is 19.0 Å². The first-order chi connectivity index (χ1) is 9.04. The van der Waals surface area contributed by atoms with Gasteiger partial charge in [0.15, 0.2) is 5.82 Å². The van der Waals surface area contributed by atoms with E-state index in [1.807, 2.05) is 50.2 Å². The Morgan fingerprint density at radius 1 is 1.21 bits per heavy atom. The highest BCUT2D eigenvalue weighted by atomic mass is 35.5. The van der Waals surface area contributed by atoms with Crippen molar-refractivity contribution in [3.05, 3.63) is 47.0 Å². The summed E-state index contributed by atoms with van der Waals surface area (Å²) in [4.78, 5) is 10.4. The minimum Gasteiger partial charge on any atom is -0.486 e. The summed E-state index contributed by atoms with van der Waals surface area (Å²) in [6, 6.07) is 9.57. The van der Waals surface area contributed by atoms with Crippen molar-refractivity contribution < 1.29 is 4.74 Å². The minimum atomic E-state index is 0.304. The fourth-order valence-electron chi connectivity index (χ4n) is 1.65. The molecule has 5 heteroatoms. The quantitative estimate of drug-likeness (QED) is 0.805. The van der Waals surface area contributed by atoms with E-state index in [-0.39, 0.29) is 0 Å². The van der Waals surface area contributed by atoms with E-state index in [1.54, 1.807) is 6.07 Å². The number of halogens is 1. The zero-order chi connectivity index (χ0) is 13.8. The van der Waals surface area contributed by atoms with Crippen LogP contribution >= 0.6 is 11.6 Å². The molecule has 1 aromatic carbocycles. The third-order valence-corrected chi connectivity index (χ3v) is 2.76. The fourth-order valence-corrected chi connectivity index (χ4v) is 1.91. The summed E-state index contributed by atoms with van der Waals surface area (Å²) >= 11 is 5.89. The van der Waals surface area contributed by atoms with Gasteiger partial charge in [0.1, 0.15) is 17.5 Å². The average molecular weight is 278 g/mol. The van der Waals surface area contributed by atoms with Crippen LogP contribution in [-0.4, -0.2) is 24.1 Å². The van der Waals surface area contributed by atoms with E-state index in [1.165, 1.54) is 0 Å². The van der Waals surface area contributed by atoms with E-state index >= 15 is 0 Å². The molecule has 0 spiro atoms. The Hall–Kier alpha value is -1.81. The second-order valence-corrected chi connectivity index (χ2v) is 4.82. The Balaban J connectivity index is 2.07. The average Bonchev–Trinajstić information content (AvgIpc) is 2.35. The van der Waals surface area contributed by atoms with Gasteiger partial charge < -0.3 is 9.64 Å². The molecular weight excluding hydrogens is 262 g/mol. The van der Waals surface area contributed by atoms with Gasteiger partial charge in [0, 0.05) is 31.5 Å². The molecule has 0 aliphatic rings. The molecule has 2 rings (SSSR count). The topological polar surface area (TPSA) is 38.2 Å². The lowest BCUT2D eigenvalue weighted by molar-refractivity contribution is 0.295. The Bertz CT molecular complexity index is 552. The fraction of sp³-hybridized carbons (Fsp3) is 0.286.